The number of amides is 2. The quantitative estimate of drug-likeness (QED) is 0.589. The van der Waals surface area contributed by atoms with E-state index in [0.717, 1.165) is 6.07 Å². The average molecular weight is 460 g/mol. The lowest BCUT2D eigenvalue weighted by molar-refractivity contribution is -0.137. The lowest BCUT2D eigenvalue weighted by atomic mass is 9.95. The normalized spacial score (nSPS) is 16.5. The van der Waals surface area contributed by atoms with Crippen molar-refractivity contribution in [1.29, 1.82) is 0 Å². The molecule has 2 rings (SSSR count). The number of benzene rings is 1. The van der Waals surface area contributed by atoms with Gasteiger partial charge in [-0.05, 0) is 57.3 Å². The van der Waals surface area contributed by atoms with E-state index in [1.165, 1.54) is 30.0 Å². The highest BCUT2D eigenvalue weighted by atomic mass is 32.2. The number of likely N-dealkylation sites (tertiary alicyclic amines) is 1. The highest BCUT2D eigenvalue weighted by molar-refractivity contribution is 7.98. The number of nitrogens with one attached hydrogen (secondary N) is 2. The third-order valence-corrected chi connectivity index (χ3v) is 7.09. The lowest BCUT2D eigenvalue weighted by Crippen LogP contribution is -2.52. The van der Waals surface area contributed by atoms with Gasteiger partial charge in [0.1, 0.15) is 16.8 Å². The van der Waals surface area contributed by atoms with E-state index in [1.54, 1.807) is 4.90 Å². The van der Waals surface area contributed by atoms with Crippen molar-refractivity contribution in [1.82, 2.24) is 14.9 Å². The average Bonchev–Trinajstić information content (AvgIpc) is 2.70. The molecule has 1 aliphatic heterocycles. The smallest absolute Gasteiger partial charge is 0.244 e. The summed E-state index contributed by atoms with van der Waals surface area (Å²) in [7, 11) is -4.19. The predicted molar refractivity (Wildman–Crippen MR) is 116 cm³/mol. The first-order valence-electron chi connectivity index (χ1n) is 10.0. The number of piperidine rings is 1. The topological polar surface area (TPSA) is 95.6 Å². The molecule has 0 bridgehead atoms. The van der Waals surface area contributed by atoms with Gasteiger partial charge in [-0.25, -0.2) is 12.8 Å². The molecule has 1 aliphatic rings. The Morgan fingerprint density at radius 3 is 2.43 bits per heavy atom. The van der Waals surface area contributed by atoms with Crippen LogP contribution in [0.4, 0.5) is 4.39 Å². The van der Waals surface area contributed by atoms with Gasteiger partial charge in [-0.2, -0.15) is 16.5 Å². The first-order chi connectivity index (χ1) is 14.2. The minimum atomic E-state index is -4.19. The van der Waals surface area contributed by atoms with Crippen LogP contribution in [0.25, 0.3) is 0 Å². The highest BCUT2D eigenvalue weighted by Gasteiger charge is 2.33. The fourth-order valence-corrected chi connectivity index (χ4v) is 5.14. The monoisotopic (exact) mass is 459 g/mol. The molecule has 1 unspecified atom stereocenters. The Morgan fingerprint density at radius 1 is 1.23 bits per heavy atom. The summed E-state index contributed by atoms with van der Waals surface area (Å²) >= 11 is 1.50. The number of thioether (sulfide) groups is 1. The predicted octanol–water partition coefficient (Wildman–Crippen LogP) is 1.99. The van der Waals surface area contributed by atoms with Crippen LogP contribution in [0.2, 0.25) is 0 Å². The molecule has 0 aromatic heterocycles. The molecule has 30 heavy (non-hydrogen) atoms. The molecule has 10 heteroatoms. The SMILES string of the molecule is CSCCC(NS(=O)(=O)c1ccccc1F)C(=O)N1CCC(C(=O)NC(C)C)CC1. The number of nitrogens with zero attached hydrogens (tertiary/aromatic N) is 1. The van der Waals surface area contributed by atoms with Crippen LogP contribution < -0.4 is 10.0 Å². The van der Waals surface area contributed by atoms with Crippen molar-refractivity contribution in [2.24, 2.45) is 5.92 Å². The summed E-state index contributed by atoms with van der Waals surface area (Å²) in [6.07, 6.45) is 3.21. The van der Waals surface area contributed by atoms with Crippen molar-refractivity contribution in [3.63, 3.8) is 0 Å². The standard InChI is InChI=1S/C20H30FN3O4S2/c1-14(2)22-19(25)15-8-11-24(12-9-15)20(26)17(10-13-29-3)23-30(27,28)18-7-5-4-6-16(18)21/h4-7,14-15,17,23H,8-13H2,1-3H3,(H,22,25). The van der Waals surface area contributed by atoms with Crippen molar-refractivity contribution < 1.29 is 22.4 Å². The molecule has 0 radical (unpaired) electrons. The highest BCUT2D eigenvalue weighted by Crippen LogP contribution is 2.20. The molecular formula is C20H30FN3O4S2. The molecule has 0 aliphatic carbocycles. The third kappa shape index (κ3) is 6.68. The second-order valence-corrected chi connectivity index (χ2v) is 10.3. The lowest BCUT2D eigenvalue weighted by Gasteiger charge is -2.34. The second kappa shape index (κ2) is 11.1. The van der Waals surface area contributed by atoms with E-state index in [0.29, 0.717) is 38.1 Å². The molecule has 0 spiro atoms. The van der Waals surface area contributed by atoms with Crippen molar-refractivity contribution in [3.8, 4) is 0 Å². The fourth-order valence-electron chi connectivity index (χ4n) is 3.37. The second-order valence-electron chi connectivity index (χ2n) is 7.65. The Hall–Kier alpha value is -1.65. The van der Waals surface area contributed by atoms with Gasteiger partial charge in [0.15, 0.2) is 0 Å². The van der Waals surface area contributed by atoms with E-state index in [1.807, 2.05) is 20.1 Å². The van der Waals surface area contributed by atoms with Gasteiger partial charge in [0.05, 0.1) is 0 Å². The van der Waals surface area contributed by atoms with Crippen molar-refractivity contribution in [2.45, 2.75) is 50.1 Å². The van der Waals surface area contributed by atoms with Gasteiger partial charge in [-0.1, -0.05) is 12.1 Å². The zero-order chi connectivity index (χ0) is 22.3. The summed E-state index contributed by atoms with van der Waals surface area (Å²) in [6, 6.07) is 4.16. The van der Waals surface area contributed by atoms with Crippen molar-refractivity contribution in [2.75, 3.05) is 25.1 Å². The Bertz CT molecular complexity index is 840. The number of sulfonamides is 1. The van der Waals surface area contributed by atoms with Gasteiger partial charge < -0.3 is 10.2 Å². The van der Waals surface area contributed by atoms with E-state index >= 15 is 0 Å². The Balaban J connectivity index is 2.07. The summed E-state index contributed by atoms with van der Waals surface area (Å²) < 4.78 is 41.7. The molecule has 1 fully saturated rings. The fraction of sp³-hybridized carbons (Fsp3) is 0.600. The number of carbonyl (C=O) groups is 2. The number of rotatable bonds is 9. The number of hydrogen-bond acceptors (Lipinski definition) is 5. The number of carbonyl (C=O) groups excluding carboxylic acids is 2. The van der Waals surface area contributed by atoms with Gasteiger partial charge in [0.25, 0.3) is 0 Å². The summed E-state index contributed by atoms with van der Waals surface area (Å²) in [4.78, 5) is 26.4. The zero-order valence-electron chi connectivity index (χ0n) is 17.6. The van der Waals surface area contributed by atoms with Crippen LogP contribution in [0.15, 0.2) is 29.2 Å². The van der Waals surface area contributed by atoms with Crippen LogP contribution in [-0.4, -0.2) is 62.3 Å². The Labute approximate surface area is 182 Å². The Morgan fingerprint density at radius 2 is 1.87 bits per heavy atom. The van der Waals surface area contributed by atoms with Crippen LogP contribution in [-0.2, 0) is 19.6 Å². The summed E-state index contributed by atoms with van der Waals surface area (Å²) in [5, 5.41) is 2.89. The van der Waals surface area contributed by atoms with Crippen molar-refractivity contribution in [3.05, 3.63) is 30.1 Å². The van der Waals surface area contributed by atoms with Gasteiger partial charge in [0.2, 0.25) is 21.8 Å². The minimum absolute atomic E-state index is 0.0173. The van der Waals surface area contributed by atoms with Crippen LogP contribution in [0, 0.1) is 11.7 Å². The summed E-state index contributed by atoms with van der Waals surface area (Å²) in [5.74, 6) is -0.805. The minimum Gasteiger partial charge on any atom is -0.354 e. The largest absolute Gasteiger partial charge is 0.354 e. The van der Waals surface area contributed by atoms with E-state index in [4.69, 9.17) is 0 Å². The first kappa shape index (κ1) is 24.6. The van der Waals surface area contributed by atoms with Gasteiger partial charge in [-0.3, -0.25) is 9.59 Å². The molecule has 1 heterocycles. The van der Waals surface area contributed by atoms with E-state index in [-0.39, 0.29) is 23.8 Å². The summed E-state index contributed by atoms with van der Waals surface area (Å²) in [5.41, 5.74) is 0. The van der Waals surface area contributed by atoms with Crippen LogP contribution in [0.1, 0.15) is 33.1 Å². The van der Waals surface area contributed by atoms with Crippen molar-refractivity contribution >= 4 is 33.6 Å². The Kier molecular flexibility index (Phi) is 9.11. The van der Waals surface area contributed by atoms with Gasteiger partial charge >= 0.3 is 0 Å². The first-order valence-corrected chi connectivity index (χ1v) is 12.9. The molecule has 0 saturated carbocycles. The van der Waals surface area contributed by atoms with Gasteiger partial charge in [0, 0.05) is 25.0 Å². The third-order valence-electron chi connectivity index (χ3n) is 4.94. The van der Waals surface area contributed by atoms with E-state index < -0.39 is 26.8 Å². The van der Waals surface area contributed by atoms with Crippen LogP contribution in [0.3, 0.4) is 0 Å². The molecular weight excluding hydrogens is 429 g/mol. The molecule has 7 nitrogen and oxygen atoms in total. The molecule has 1 saturated heterocycles. The molecule has 2 N–H and O–H groups in total. The van der Waals surface area contributed by atoms with Gasteiger partial charge in [-0.15, -0.1) is 0 Å². The van der Waals surface area contributed by atoms with E-state index in [2.05, 4.69) is 10.0 Å². The number of halogens is 1. The molecule has 1 aromatic carbocycles. The summed E-state index contributed by atoms with van der Waals surface area (Å²) in [6.45, 7) is 4.56. The van der Waals surface area contributed by atoms with E-state index in [9.17, 15) is 22.4 Å². The molecule has 168 valence electrons. The maximum atomic E-state index is 14.0. The molecule has 1 aromatic rings. The molecule has 1 atom stereocenters. The number of hydrogen-bond donors (Lipinski definition) is 2. The van der Waals surface area contributed by atoms with Crippen LogP contribution in [0.5, 0.6) is 0 Å². The van der Waals surface area contributed by atoms with Crippen LogP contribution >= 0.6 is 11.8 Å². The molecule has 2 amide bonds. The zero-order valence-corrected chi connectivity index (χ0v) is 19.2. The maximum absolute atomic E-state index is 14.0. The maximum Gasteiger partial charge on any atom is 0.244 e.